The average molecular weight is 234 g/mol. The molecule has 0 aliphatic heterocycles. The van der Waals surface area contributed by atoms with E-state index in [0.29, 0.717) is 5.56 Å². The highest BCUT2D eigenvalue weighted by Gasteiger charge is 2.08. The molecule has 88 valence electrons. The number of hydrogen-bond acceptors (Lipinski definition) is 3. The van der Waals surface area contributed by atoms with E-state index in [-0.39, 0.29) is 17.8 Å². The van der Waals surface area contributed by atoms with Gasteiger partial charge < -0.3 is 11.5 Å². The molecule has 0 radical (unpaired) electrons. The van der Waals surface area contributed by atoms with Crippen molar-refractivity contribution in [2.75, 3.05) is 5.73 Å². The Balaban J connectivity index is 2.25. The fraction of sp³-hybridized carbons (Fsp3) is 0.0909. The van der Waals surface area contributed by atoms with Crippen LogP contribution in [0.5, 0.6) is 0 Å². The smallest absolute Gasteiger partial charge is 0.251 e. The molecule has 17 heavy (non-hydrogen) atoms. The van der Waals surface area contributed by atoms with Crippen molar-refractivity contribution in [1.82, 2.24) is 9.78 Å². The van der Waals surface area contributed by atoms with E-state index in [4.69, 9.17) is 11.5 Å². The van der Waals surface area contributed by atoms with Crippen molar-refractivity contribution in [3.05, 3.63) is 47.5 Å². The summed E-state index contributed by atoms with van der Waals surface area (Å²) in [5.74, 6) is -1.03. The maximum atomic E-state index is 13.6. The molecule has 0 saturated carbocycles. The molecule has 1 heterocycles. The Morgan fingerprint density at radius 3 is 2.88 bits per heavy atom. The first-order valence-electron chi connectivity index (χ1n) is 4.93. The fourth-order valence-corrected chi connectivity index (χ4v) is 1.47. The van der Waals surface area contributed by atoms with Crippen LogP contribution in [0.1, 0.15) is 15.9 Å². The van der Waals surface area contributed by atoms with Crippen LogP contribution in [0.15, 0.2) is 30.6 Å². The van der Waals surface area contributed by atoms with Crippen molar-refractivity contribution in [3.8, 4) is 0 Å². The second-order valence-corrected chi connectivity index (χ2v) is 3.61. The van der Waals surface area contributed by atoms with E-state index < -0.39 is 11.7 Å². The number of nitrogen functional groups attached to an aromatic ring is 1. The highest BCUT2D eigenvalue weighted by Crippen LogP contribution is 2.15. The second kappa shape index (κ2) is 4.25. The number of carbonyl (C=O) groups is 1. The Bertz CT molecular complexity index is 564. The summed E-state index contributed by atoms with van der Waals surface area (Å²) in [4.78, 5) is 10.9. The van der Waals surface area contributed by atoms with E-state index in [1.807, 2.05) is 0 Å². The van der Waals surface area contributed by atoms with Gasteiger partial charge in [0.15, 0.2) is 5.82 Å². The minimum atomic E-state index is -0.565. The molecule has 0 aliphatic carbocycles. The van der Waals surface area contributed by atoms with Gasteiger partial charge in [0.1, 0.15) is 0 Å². The van der Waals surface area contributed by atoms with Crippen LogP contribution in [-0.2, 0) is 6.54 Å². The minimum Gasteiger partial charge on any atom is -0.396 e. The van der Waals surface area contributed by atoms with Crippen LogP contribution in [0.3, 0.4) is 0 Å². The molecule has 2 rings (SSSR count). The second-order valence-electron chi connectivity index (χ2n) is 3.61. The largest absolute Gasteiger partial charge is 0.396 e. The molecule has 6 heteroatoms. The van der Waals surface area contributed by atoms with E-state index >= 15 is 0 Å². The van der Waals surface area contributed by atoms with Gasteiger partial charge in [-0.15, -0.1) is 0 Å². The van der Waals surface area contributed by atoms with Crippen molar-refractivity contribution in [1.29, 1.82) is 0 Å². The lowest BCUT2D eigenvalue weighted by Crippen LogP contribution is -2.10. The highest BCUT2D eigenvalue weighted by atomic mass is 19.1. The number of amides is 1. The number of hydrogen-bond donors (Lipinski definition) is 2. The summed E-state index contributed by atoms with van der Waals surface area (Å²) in [6.45, 7) is 0.199. The molecule has 0 spiro atoms. The van der Waals surface area contributed by atoms with Gasteiger partial charge in [0.25, 0.3) is 5.91 Å². The molecule has 4 N–H and O–H groups in total. The first-order chi connectivity index (χ1) is 8.08. The van der Waals surface area contributed by atoms with Crippen LogP contribution >= 0.6 is 0 Å². The summed E-state index contributed by atoms with van der Waals surface area (Å²) >= 11 is 0. The summed E-state index contributed by atoms with van der Waals surface area (Å²) in [6.07, 6.45) is 2.80. The number of halogens is 1. The molecule has 0 unspecified atom stereocenters. The van der Waals surface area contributed by atoms with Gasteiger partial charge in [0.2, 0.25) is 0 Å². The Morgan fingerprint density at radius 2 is 2.24 bits per heavy atom. The summed E-state index contributed by atoms with van der Waals surface area (Å²) in [5, 5.41) is 3.91. The van der Waals surface area contributed by atoms with Gasteiger partial charge in [-0.1, -0.05) is 12.1 Å². The van der Waals surface area contributed by atoms with Gasteiger partial charge in [0.05, 0.1) is 24.0 Å². The predicted molar refractivity (Wildman–Crippen MR) is 60.7 cm³/mol. The third-order valence-electron chi connectivity index (χ3n) is 2.36. The van der Waals surface area contributed by atoms with Crippen LogP contribution in [0.25, 0.3) is 0 Å². The molecule has 0 aliphatic rings. The number of nitrogens with zero attached hydrogens (tertiary/aromatic N) is 2. The van der Waals surface area contributed by atoms with Crippen molar-refractivity contribution >= 4 is 11.6 Å². The van der Waals surface area contributed by atoms with Gasteiger partial charge in [0, 0.05) is 11.8 Å². The maximum absolute atomic E-state index is 13.6. The summed E-state index contributed by atoms with van der Waals surface area (Å²) in [6, 6.07) is 4.75. The Labute approximate surface area is 96.8 Å². The van der Waals surface area contributed by atoms with Gasteiger partial charge >= 0.3 is 0 Å². The SMILES string of the molecule is NC(=O)c1cnn(Cc2cccc(N)c2F)c1. The van der Waals surface area contributed by atoms with Crippen LogP contribution in [0.4, 0.5) is 10.1 Å². The molecule has 0 saturated heterocycles. The minimum absolute atomic E-state index is 0.0878. The van der Waals surface area contributed by atoms with E-state index in [9.17, 15) is 9.18 Å². The molecule has 0 fully saturated rings. The normalized spacial score (nSPS) is 10.4. The van der Waals surface area contributed by atoms with E-state index in [2.05, 4.69) is 5.10 Å². The van der Waals surface area contributed by atoms with Crippen molar-refractivity contribution in [2.45, 2.75) is 6.54 Å². The van der Waals surface area contributed by atoms with Gasteiger partial charge in [-0.05, 0) is 6.07 Å². The number of benzene rings is 1. The van der Waals surface area contributed by atoms with Crippen LogP contribution < -0.4 is 11.5 Å². The molecule has 0 atom stereocenters. The molecular weight excluding hydrogens is 223 g/mol. The average Bonchev–Trinajstić information content (AvgIpc) is 2.73. The van der Waals surface area contributed by atoms with E-state index in [0.717, 1.165) is 0 Å². The van der Waals surface area contributed by atoms with E-state index in [1.54, 1.807) is 12.1 Å². The van der Waals surface area contributed by atoms with Crippen LogP contribution in [0.2, 0.25) is 0 Å². The Kier molecular flexibility index (Phi) is 2.78. The summed E-state index contributed by atoms with van der Waals surface area (Å²) < 4.78 is 15.0. The lowest BCUT2D eigenvalue weighted by molar-refractivity contribution is 0.1000. The topological polar surface area (TPSA) is 86.9 Å². The number of aromatic nitrogens is 2. The Morgan fingerprint density at radius 1 is 1.47 bits per heavy atom. The van der Waals surface area contributed by atoms with Crippen LogP contribution in [-0.4, -0.2) is 15.7 Å². The van der Waals surface area contributed by atoms with Crippen molar-refractivity contribution in [3.63, 3.8) is 0 Å². The number of rotatable bonds is 3. The number of primary amides is 1. The molecule has 1 aromatic carbocycles. The Hall–Kier alpha value is -2.37. The third-order valence-corrected chi connectivity index (χ3v) is 2.36. The molecule has 0 bridgehead atoms. The molecule has 2 aromatic rings. The first-order valence-corrected chi connectivity index (χ1v) is 4.93. The fourth-order valence-electron chi connectivity index (χ4n) is 1.47. The summed E-state index contributed by atoms with van der Waals surface area (Å²) in [5.41, 5.74) is 11.3. The molecular formula is C11H11FN4O. The molecule has 1 amide bonds. The standard InChI is InChI=1S/C11H11FN4O/c12-10-7(2-1-3-9(10)13)5-16-6-8(4-15-16)11(14)17/h1-4,6H,5,13H2,(H2,14,17). The number of nitrogens with two attached hydrogens (primary N) is 2. The third kappa shape index (κ3) is 2.25. The zero-order valence-electron chi connectivity index (χ0n) is 8.93. The van der Waals surface area contributed by atoms with Crippen molar-refractivity contribution in [2.24, 2.45) is 5.73 Å². The highest BCUT2D eigenvalue weighted by molar-refractivity contribution is 5.92. The van der Waals surface area contributed by atoms with Crippen LogP contribution in [0, 0.1) is 5.82 Å². The maximum Gasteiger partial charge on any atom is 0.251 e. The van der Waals surface area contributed by atoms with Gasteiger partial charge in [-0.25, -0.2) is 4.39 Å². The molecule has 1 aromatic heterocycles. The number of anilines is 1. The summed E-state index contributed by atoms with van der Waals surface area (Å²) in [7, 11) is 0. The zero-order valence-corrected chi connectivity index (χ0v) is 8.93. The number of carbonyl (C=O) groups excluding carboxylic acids is 1. The predicted octanol–water partition coefficient (Wildman–Crippen LogP) is 0.752. The first kappa shape index (κ1) is 11.1. The quantitative estimate of drug-likeness (QED) is 0.768. The lowest BCUT2D eigenvalue weighted by atomic mass is 10.2. The monoisotopic (exact) mass is 234 g/mol. The zero-order chi connectivity index (χ0) is 12.4. The van der Waals surface area contributed by atoms with Gasteiger partial charge in [-0.2, -0.15) is 5.10 Å². The van der Waals surface area contributed by atoms with Gasteiger partial charge in [-0.3, -0.25) is 9.48 Å². The lowest BCUT2D eigenvalue weighted by Gasteiger charge is -2.05. The molecule has 5 nitrogen and oxygen atoms in total. The van der Waals surface area contributed by atoms with Crippen molar-refractivity contribution < 1.29 is 9.18 Å². The van der Waals surface area contributed by atoms with E-state index in [1.165, 1.54) is 23.1 Å².